The van der Waals surface area contributed by atoms with E-state index in [-0.39, 0.29) is 5.75 Å². The molecule has 0 spiro atoms. The number of benzene rings is 1. The first-order chi connectivity index (χ1) is 8.54. The van der Waals surface area contributed by atoms with Gasteiger partial charge < -0.3 is 4.74 Å². The van der Waals surface area contributed by atoms with E-state index in [1.54, 1.807) is 6.07 Å². The Hall–Kier alpha value is -1.76. The van der Waals surface area contributed by atoms with Crippen molar-refractivity contribution in [2.24, 2.45) is 0 Å². The maximum Gasteiger partial charge on any atom is 0.573 e. The third-order valence-electron chi connectivity index (χ3n) is 1.83. The number of nitrogens with zero attached hydrogens (tertiary/aromatic N) is 2. The van der Waals surface area contributed by atoms with Crippen LogP contribution in [0.25, 0.3) is 0 Å². The average Bonchev–Trinajstić information content (AvgIpc) is 2.31. The molecule has 3 nitrogen and oxygen atoms in total. The topological polar surface area (TPSA) is 35.0 Å². The minimum Gasteiger partial charge on any atom is -0.405 e. The van der Waals surface area contributed by atoms with Gasteiger partial charge in [-0.2, -0.15) is 0 Å². The minimum atomic E-state index is -4.71. The standard InChI is InChI=1S/C11H7F3N2OS/c12-11(13,14)17-8-3-1-2-4-9(8)18-10-7-15-5-6-16-10/h1-7H. The first kappa shape index (κ1) is 12.7. The van der Waals surface area contributed by atoms with Crippen LogP contribution in [0.1, 0.15) is 0 Å². The van der Waals surface area contributed by atoms with E-state index >= 15 is 0 Å². The van der Waals surface area contributed by atoms with E-state index in [1.165, 1.54) is 36.8 Å². The SMILES string of the molecule is FC(F)(F)Oc1ccccc1Sc1cnccn1. The monoisotopic (exact) mass is 272 g/mol. The lowest BCUT2D eigenvalue weighted by atomic mass is 10.3. The number of hydrogen-bond donors (Lipinski definition) is 0. The molecule has 7 heteroatoms. The Balaban J connectivity index is 2.23. The second-order valence-electron chi connectivity index (χ2n) is 3.14. The van der Waals surface area contributed by atoms with Gasteiger partial charge in [0.25, 0.3) is 0 Å². The Morgan fingerprint density at radius 2 is 1.89 bits per heavy atom. The number of rotatable bonds is 3. The molecule has 1 aromatic heterocycles. The Kier molecular flexibility index (Phi) is 3.71. The molecule has 0 N–H and O–H groups in total. The summed E-state index contributed by atoms with van der Waals surface area (Å²) in [4.78, 5) is 8.14. The van der Waals surface area contributed by atoms with E-state index in [1.807, 2.05) is 0 Å². The Morgan fingerprint density at radius 1 is 1.11 bits per heavy atom. The van der Waals surface area contributed by atoms with Crippen LogP contribution >= 0.6 is 11.8 Å². The van der Waals surface area contributed by atoms with Gasteiger partial charge in [-0.3, -0.25) is 4.98 Å². The molecule has 18 heavy (non-hydrogen) atoms. The van der Waals surface area contributed by atoms with Crippen molar-refractivity contribution in [3.05, 3.63) is 42.9 Å². The van der Waals surface area contributed by atoms with E-state index < -0.39 is 6.36 Å². The smallest absolute Gasteiger partial charge is 0.405 e. The zero-order valence-electron chi connectivity index (χ0n) is 8.89. The highest BCUT2D eigenvalue weighted by Crippen LogP contribution is 2.35. The highest BCUT2D eigenvalue weighted by atomic mass is 32.2. The lowest BCUT2D eigenvalue weighted by Crippen LogP contribution is -2.17. The summed E-state index contributed by atoms with van der Waals surface area (Å²) in [5.74, 6) is -0.249. The van der Waals surface area contributed by atoms with Crippen molar-refractivity contribution in [1.29, 1.82) is 0 Å². The van der Waals surface area contributed by atoms with Crippen LogP contribution in [0.4, 0.5) is 13.2 Å². The highest BCUT2D eigenvalue weighted by Gasteiger charge is 2.32. The van der Waals surface area contributed by atoms with Crippen molar-refractivity contribution in [2.75, 3.05) is 0 Å². The fourth-order valence-electron chi connectivity index (χ4n) is 1.19. The number of alkyl halides is 3. The van der Waals surface area contributed by atoms with E-state index in [0.29, 0.717) is 9.92 Å². The highest BCUT2D eigenvalue weighted by molar-refractivity contribution is 7.99. The molecule has 0 unspecified atom stereocenters. The zero-order chi connectivity index (χ0) is 13.0. The predicted octanol–water partition coefficient (Wildman–Crippen LogP) is 3.53. The molecule has 0 amide bonds. The summed E-state index contributed by atoms with van der Waals surface area (Å²) >= 11 is 1.06. The van der Waals surface area contributed by atoms with Crippen molar-refractivity contribution < 1.29 is 17.9 Å². The van der Waals surface area contributed by atoms with Crippen LogP contribution < -0.4 is 4.74 Å². The molecule has 0 aliphatic heterocycles. The molecule has 0 fully saturated rings. The van der Waals surface area contributed by atoms with Gasteiger partial charge >= 0.3 is 6.36 Å². The third kappa shape index (κ3) is 3.63. The maximum atomic E-state index is 12.2. The van der Waals surface area contributed by atoms with E-state index in [2.05, 4.69) is 14.7 Å². The van der Waals surface area contributed by atoms with Crippen molar-refractivity contribution >= 4 is 11.8 Å². The van der Waals surface area contributed by atoms with Crippen LogP contribution in [0.3, 0.4) is 0 Å². The molecular formula is C11H7F3N2OS. The molecular weight excluding hydrogens is 265 g/mol. The van der Waals surface area contributed by atoms with Crippen molar-refractivity contribution in [3.63, 3.8) is 0 Å². The van der Waals surface area contributed by atoms with Gasteiger partial charge in [-0.15, -0.1) is 13.2 Å². The Labute approximate surface area is 105 Å². The van der Waals surface area contributed by atoms with Gasteiger partial charge in [-0.1, -0.05) is 23.9 Å². The molecule has 0 radical (unpaired) electrons. The van der Waals surface area contributed by atoms with Gasteiger partial charge in [0.05, 0.1) is 11.1 Å². The first-order valence-corrected chi connectivity index (χ1v) is 5.65. The van der Waals surface area contributed by atoms with Crippen molar-refractivity contribution in [2.45, 2.75) is 16.3 Å². The van der Waals surface area contributed by atoms with E-state index in [9.17, 15) is 13.2 Å². The fourth-order valence-corrected chi connectivity index (χ4v) is 2.00. The van der Waals surface area contributed by atoms with Gasteiger partial charge in [-0.25, -0.2) is 4.98 Å². The molecule has 2 aromatic rings. The number of hydrogen-bond acceptors (Lipinski definition) is 4. The van der Waals surface area contributed by atoms with Crippen LogP contribution in [-0.4, -0.2) is 16.3 Å². The number of para-hydroxylation sites is 1. The Morgan fingerprint density at radius 3 is 2.56 bits per heavy atom. The van der Waals surface area contributed by atoms with Crippen LogP contribution in [0.2, 0.25) is 0 Å². The maximum absolute atomic E-state index is 12.2. The average molecular weight is 272 g/mol. The molecule has 2 rings (SSSR count). The first-order valence-electron chi connectivity index (χ1n) is 4.83. The van der Waals surface area contributed by atoms with Crippen LogP contribution in [-0.2, 0) is 0 Å². The molecule has 94 valence electrons. The molecule has 0 saturated carbocycles. The summed E-state index contributed by atoms with van der Waals surface area (Å²) in [5.41, 5.74) is 0. The molecule has 0 atom stereocenters. The van der Waals surface area contributed by atoms with Crippen molar-refractivity contribution in [1.82, 2.24) is 9.97 Å². The third-order valence-corrected chi connectivity index (χ3v) is 2.81. The van der Waals surface area contributed by atoms with Crippen LogP contribution in [0.5, 0.6) is 5.75 Å². The molecule has 0 aliphatic carbocycles. The zero-order valence-corrected chi connectivity index (χ0v) is 9.70. The summed E-state index contributed by atoms with van der Waals surface area (Å²) in [6, 6.07) is 5.89. The van der Waals surface area contributed by atoms with Crippen LogP contribution in [0, 0.1) is 0 Å². The normalized spacial score (nSPS) is 11.3. The number of halogens is 3. The summed E-state index contributed by atoms with van der Waals surface area (Å²) < 4.78 is 40.5. The molecule has 1 heterocycles. The summed E-state index contributed by atoms with van der Waals surface area (Å²) in [5, 5.41) is 0.496. The predicted molar refractivity (Wildman–Crippen MR) is 59.3 cm³/mol. The van der Waals surface area contributed by atoms with Gasteiger partial charge in [0.1, 0.15) is 10.8 Å². The molecule has 0 saturated heterocycles. The summed E-state index contributed by atoms with van der Waals surface area (Å²) in [6.45, 7) is 0. The second kappa shape index (κ2) is 5.26. The summed E-state index contributed by atoms with van der Waals surface area (Å²) in [7, 11) is 0. The quantitative estimate of drug-likeness (QED) is 0.856. The van der Waals surface area contributed by atoms with Gasteiger partial charge in [0.15, 0.2) is 0 Å². The van der Waals surface area contributed by atoms with Gasteiger partial charge in [0, 0.05) is 12.4 Å². The van der Waals surface area contributed by atoms with Gasteiger partial charge in [-0.05, 0) is 12.1 Å². The molecule has 0 aliphatic rings. The van der Waals surface area contributed by atoms with Crippen molar-refractivity contribution in [3.8, 4) is 5.75 Å². The van der Waals surface area contributed by atoms with E-state index in [4.69, 9.17) is 0 Å². The fraction of sp³-hybridized carbons (Fsp3) is 0.0909. The lowest BCUT2D eigenvalue weighted by Gasteiger charge is -2.12. The summed E-state index contributed by atoms with van der Waals surface area (Å²) in [6.07, 6.45) is -0.286. The minimum absolute atomic E-state index is 0.249. The number of ether oxygens (including phenoxy) is 1. The second-order valence-corrected chi connectivity index (χ2v) is 4.20. The van der Waals surface area contributed by atoms with Gasteiger partial charge in [0.2, 0.25) is 0 Å². The lowest BCUT2D eigenvalue weighted by molar-refractivity contribution is -0.275. The largest absolute Gasteiger partial charge is 0.573 e. The molecule has 0 bridgehead atoms. The van der Waals surface area contributed by atoms with E-state index in [0.717, 1.165) is 11.8 Å². The number of aromatic nitrogens is 2. The Bertz CT molecular complexity index is 519. The molecule has 1 aromatic carbocycles. The van der Waals surface area contributed by atoms with Crippen LogP contribution in [0.15, 0.2) is 52.8 Å².